The maximum atomic E-state index is 11.6. The second-order valence-electron chi connectivity index (χ2n) is 3.29. The quantitative estimate of drug-likeness (QED) is 0.561. The SMILES string of the molecule is Nc1ccc(C(=O)NCC(O)CO)c(Cl)c1. The summed E-state index contributed by atoms with van der Waals surface area (Å²) in [4.78, 5) is 11.6. The Morgan fingerprint density at radius 3 is 2.81 bits per heavy atom. The second-order valence-corrected chi connectivity index (χ2v) is 3.69. The number of carbonyl (C=O) groups is 1. The molecule has 5 nitrogen and oxygen atoms in total. The number of hydrogen-bond donors (Lipinski definition) is 4. The van der Waals surface area contributed by atoms with Crippen LogP contribution in [0.3, 0.4) is 0 Å². The minimum absolute atomic E-state index is 0.0317. The van der Waals surface area contributed by atoms with E-state index in [0.717, 1.165) is 0 Å². The monoisotopic (exact) mass is 244 g/mol. The summed E-state index contributed by atoms with van der Waals surface area (Å²) in [7, 11) is 0. The van der Waals surface area contributed by atoms with Gasteiger partial charge in [-0.05, 0) is 18.2 Å². The highest BCUT2D eigenvalue weighted by atomic mass is 35.5. The molecule has 0 aromatic heterocycles. The van der Waals surface area contributed by atoms with E-state index in [1.54, 1.807) is 6.07 Å². The number of nitrogen functional groups attached to an aromatic ring is 1. The largest absolute Gasteiger partial charge is 0.399 e. The molecule has 1 aromatic carbocycles. The van der Waals surface area contributed by atoms with Crippen LogP contribution in [0, 0.1) is 0 Å². The van der Waals surface area contributed by atoms with E-state index in [1.165, 1.54) is 12.1 Å². The van der Waals surface area contributed by atoms with Crippen molar-refractivity contribution in [3.05, 3.63) is 28.8 Å². The molecule has 88 valence electrons. The first-order chi connectivity index (χ1) is 7.54. The van der Waals surface area contributed by atoms with Crippen molar-refractivity contribution in [2.45, 2.75) is 6.10 Å². The average Bonchev–Trinajstić information content (AvgIpc) is 2.25. The molecular weight excluding hydrogens is 232 g/mol. The first-order valence-corrected chi connectivity index (χ1v) is 5.04. The van der Waals surface area contributed by atoms with Gasteiger partial charge in [-0.25, -0.2) is 0 Å². The molecule has 0 aliphatic carbocycles. The van der Waals surface area contributed by atoms with Gasteiger partial charge in [0.25, 0.3) is 5.91 Å². The molecule has 16 heavy (non-hydrogen) atoms. The standard InChI is InChI=1S/C10H13ClN2O3/c11-9-3-6(12)1-2-8(9)10(16)13-4-7(15)5-14/h1-3,7,14-15H,4-5,12H2,(H,13,16). The first kappa shape index (κ1) is 12.8. The van der Waals surface area contributed by atoms with Crippen LogP contribution in [0.15, 0.2) is 18.2 Å². The Labute approximate surface area is 97.8 Å². The topological polar surface area (TPSA) is 95.6 Å². The van der Waals surface area contributed by atoms with Gasteiger partial charge in [-0.3, -0.25) is 4.79 Å². The third-order valence-electron chi connectivity index (χ3n) is 1.95. The zero-order chi connectivity index (χ0) is 12.1. The van der Waals surface area contributed by atoms with Crippen LogP contribution in [0.4, 0.5) is 5.69 Å². The zero-order valence-corrected chi connectivity index (χ0v) is 9.24. The van der Waals surface area contributed by atoms with Gasteiger partial charge in [0.2, 0.25) is 0 Å². The van der Waals surface area contributed by atoms with Gasteiger partial charge in [-0.1, -0.05) is 11.6 Å². The van der Waals surface area contributed by atoms with E-state index < -0.39 is 18.6 Å². The number of amides is 1. The summed E-state index contributed by atoms with van der Waals surface area (Å²) in [5.74, 6) is -0.419. The van der Waals surface area contributed by atoms with Crippen molar-refractivity contribution >= 4 is 23.2 Å². The van der Waals surface area contributed by atoms with Crippen molar-refractivity contribution in [3.8, 4) is 0 Å². The second kappa shape index (κ2) is 5.69. The third-order valence-corrected chi connectivity index (χ3v) is 2.26. The van der Waals surface area contributed by atoms with Crippen molar-refractivity contribution in [3.63, 3.8) is 0 Å². The van der Waals surface area contributed by atoms with E-state index in [-0.39, 0.29) is 17.1 Å². The Bertz CT molecular complexity index is 384. The molecule has 0 heterocycles. The van der Waals surface area contributed by atoms with E-state index in [2.05, 4.69) is 5.32 Å². The van der Waals surface area contributed by atoms with Crippen LogP contribution in [0.1, 0.15) is 10.4 Å². The lowest BCUT2D eigenvalue weighted by molar-refractivity contribution is 0.0802. The number of benzene rings is 1. The molecule has 6 heteroatoms. The Morgan fingerprint density at radius 1 is 1.56 bits per heavy atom. The van der Waals surface area contributed by atoms with Crippen LogP contribution in [0.25, 0.3) is 0 Å². The van der Waals surface area contributed by atoms with Gasteiger partial charge in [-0.15, -0.1) is 0 Å². The molecule has 0 radical (unpaired) electrons. The van der Waals surface area contributed by atoms with E-state index in [4.69, 9.17) is 27.5 Å². The Hall–Kier alpha value is -1.30. The fourth-order valence-corrected chi connectivity index (χ4v) is 1.36. The maximum absolute atomic E-state index is 11.6. The van der Waals surface area contributed by atoms with Gasteiger partial charge in [0.1, 0.15) is 0 Å². The number of nitrogens with two attached hydrogens (primary N) is 1. The molecule has 1 aromatic rings. The number of nitrogens with one attached hydrogen (secondary N) is 1. The van der Waals surface area contributed by atoms with Gasteiger partial charge in [-0.2, -0.15) is 0 Å². The lowest BCUT2D eigenvalue weighted by Crippen LogP contribution is -2.34. The highest BCUT2D eigenvalue weighted by molar-refractivity contribution is 6.34. The Balaban J connectivity index is 2.66. The summed E-state index contributed by atoms with van der Waals surface area (Å²) in [5, 5.41) is 20.3. The van der Waals surface area contributed by atoms with Gasteiger partial charge in [0, 0.05) is 12.2 Å². The van der Waals surface area contributed by atoms with Gasteiger partial charge >= 0.3 is 0 Å². The highest BCUT2D eigenvalue weighted by Gasteiger charge is 2.11. The minimum Gasteiger partial charge on any atom is -0.399 e. The average molecular weight is 245 g/mol. The molecule has 1 rings (SSSR count). The summed E-state index contributed by atoms with van der Waals surface area (Å²) in [6.07, 6.45) is -0.975. The van der Waals surface area contributed by atoms with E-state index >= 15 is 0 Å². The number of anilines is 1. The van der Waals surface area contributed by atoms with Crippen molar-refractivity contribution in [2.75, 3.05) is 18.9 Å². The summed E-state index contributed by atoms with van der Waals surface area (Å²) >= 11 is 5.82. The first-order valence-electron chi connectivity index (χ1n) is 4.66. The van der Waals surface area contributed by atoms with Crippen LogP contribution in [0.2, 0.25) is 5.02 Å². The number of hydrogen-bond acceptors (Lipinski definition) is 4. The molecular formula is C10H13ClN2O3. The van der Waals surface area contributed by atoms with Crippen LogP contribution in [0.5, 0.6) is 0 Å². The number of halogens is 1. The molecule has 0 saturated heterocycles. The molecule has 0 spiro atoms. The van der Waals surface area contributed by atoms with Gasteiger partial charge in [0.15, 0.2) is 0 Å². The van der Waals surface area contributed by atoms with Crippen LogP contribution >= 0.6 is 11.6 Å². The summed E-state index contributed by atoms with van der Waals surface area (Å²) in [6.45, 7) is -0.439. The fourth-order valence-electron chi connectivity index (χ4n) is 1.09. The van der Waals surface area contributed by atoms with Gasteiger partial charge in [0.05, 0.1) is 23.3 Å². The molecule has 1 unspecified atom stereocenters. The molecule has 0 aliphatic rings. The molecule has 1 atom stereocenters. The van der Waals surface area contributed by atoms with Crippen LogP contribution in [-0.4, -0.2) is 35.4 Å². The number of aliphatic hydroxyl groups is 2. The minimum atomic E-state index is -0.975. The van der Waals surface area contributed by atoms with E-state index in [9.17, 15) is 4.79 Å². The van der Waals surface area contributed by atoms with Crippen LogP contribution < -0.4 is 11.1 Å². The normalized spacial score (nSPS) is 12.2. The molecule has 0 fully saturated rings. The summed E-state index contributed by atoms with van der Waals surface area (Å²) < 4.78 is 0. The van der Waals surface area contributed by atoms with E-state index in [0.29, 0.717) is 5.69 Å². The van der Waals surface area contributed by atoms with Crippen molar-refractivity contribution in [2.24, 2.45) is 0 Å². The molecule has 0 bridgehead atoms. The fraction of sp³-hybridized carbons (Fsp3) is 0.300. The van der Waals surface area contributed by atoms with Crippen molar-refractivity contribution in [1.82, 2.24) is 5.32 Å². The Kier molecular flexibility index (Phi) is 4.54. The predicted octanol–water partition coefficient (Wildman–Crippen LogP) is 0.00520. The number of carbonyl (C=O) groups excluding carboxylic acids is 1. The molecule has 0 saturated carbocycles. The summed E-state index contributed by atoms with van der Waals surface area (Å²) in [5.41, 5.74) is 6.23. The smallest absolute Gasteiger partial charge is 0.252 e. The Morgan fingerprint density at radius 2 is 2.25 bits per heavy atom. The van der Waals surface area contributed by atoms with Gasteiger partial charge < -0.3 is 21.3 Å². The predicted molar refractivity (Wildman–Crippen MR) is 61.3 cm³/mol. The van der Waals surface area contributed by atoms with Crippen LogP contribution in [-0.2, 0) is 0 Å². The van der Waals surface area contributed by atoms with Crippen molar-refractivity contribution in [1.29, 1.82) is 0 Å². The summed E-state index contributed by atoms with van der Waals surface area (Å²) in [6, 6.07) is 4.53. The highest BCUT2D eigenvalue weighted by Crippen LogP contribution is 2.18. The molecule has 1 amide bonds. The number of rotatable bonds is 4. The molecule has 0 aliphatic heterocycles. The lowest BCUT2D eigenvalue weighted by atomic mass is 10.2. The third kappa shape index (κ3) is 3.37. The van der Waals surface area contributed by atoms with Crippen molar-refractivity contribution < 1.29 is 15.0 Å². The molecule has 5 N–H and O–H groups in total. The maximum Gasteiger partial charge on any atom is 0.252 e. The van der Waals surface area contributed by atoms with E-state index in [1.807, 2.05) is 0 Å². The number of aliphatic hydroxyl groups excluding tert-OH is 2. The zero-order valence-electron chi connectivity index (χ0n) is 8.48. The lowest BCUT2D eigenvalue weighted by Gasteiger charge is -2.10.